The number of benzene rings is 1. The Kier molecular flexibility index (Phi) is 8.41. The van der Waals surface area contributed by atoms with E-state index in [1.807, 2.05) is 12.1 Å². The summed E-state index contributed by atoms with van der Waals surface area (Å²) >= 11 is 2.85. The first-order chi connectivity index (χ1) is 18.0. The van der Waals surface area contributed by atoms with Gasteiger partial charge in [0, 0.05) is 54.5 Å². The van der Waals surface area contributed by atoms with Crippen LogP contribution >= 0.6 is 23.1 Å². The first-order valence-corrected chi connectivity index (χ1v) is 14.0. The number of hydrogen-bond donors (Lipinski definition) is 2. The van der Waals surface area contributed by atoms with Gasteiger partial charge in [-0.3, -0.25) is 4.79 Å². The molecule has 1 amide bonds. The molecule has 2 aliphatic rings. The van der Waals surface area contributed by atoms with Gasteiger partial charge in [0.25, 0.3) is 0 Å². The summed E-state index contributed by atoms with van der Waals surface area (Å²) in [5.74, 6) is -0.327. The number of carbonyl (C=O) groups excluding carboxylic acids is 1. The van der Waals surface area contributed by atoms with Crippen molar-refractivity contribution in [2.24, 2.45) is 0 Å². The summed E-state index contributed by atoms with van der Waals surface area (Å²) in [7, 11) is 0. The van der Waals surface area contributed by atoms with Crippen molar-refractivity contribution in [3.8, 4) is 0 Å². The number of halogens is 2. The zero-order chi connectivity index (χ0) is 25.6. The van der Waals surface area contributed by atoms with Crippen molar-refractivity contribution in [1.82, 2.24) is 25.3 Å². The fourth-order valence-electron chi connectivity index (χ4n) is 4.54. The summed E-state index contributed by atoms with van der Waals surface area (Å²) < 4.78 is 26.9. The topological polar surface area (TPSA) is 99.2 Å². The SMILES string of the molecule is O=C(CCN1CCC(Sc2cc(F)cc(F)c2)CC1)Nc1nnc(N[C@@H]2CCN(c3cccnn3)C2)s1. The predicted molar refractivity (Wildman–Crippen MR) is 141 cm³/mol. The van der Waals surface area contributed by atoms with Crippen molar-refractivity contribution in [2.75, 3.05) is 48.3 Å². The maximum Gasteiger partial charge on any atom is 0.227 e. The monoisotopic (exact) mass is 546 g/mol. The average molecular weight is 547 g/mol. The van der Waals surface area contributed by atoms with Gasteiger partial charge in [0.1, 0.15) is 11.6 Å². The second-order valence-electron chi connectivity index (χ2n) is 9.13. The predicted octanol–water partition coefficient (Wildman–Crippen LogP) is 3.88. The smallest absolute Gasteiger partial charge is 0.227 e. The molecule has 5 rings (SSSR count). The second kappa shape index (κ2) is 12.1. The molecule has 9 nitrogen and oxygen atoms in total. The lowest BCUT2D eigenvalue weighted by Crippen LogP contribution is -2.36. The summed E-state index contributed by atoms with van der Waals surface area (Å²) in [6.07, 6.45) is 4.79. The van der Waals surface area contributed by atoms with Gasteiger partial charge < -0.3 is 20.4 Å². The zero-order valence-electron chi connectivity index (χ0n) is 20.1. The van der Waals surface area contributed by atoms with Gasteiger partial charge in [0.15, 0.2) is 5.82 Å². The number of hydrogen-bond acceptors (Lipinski definition) is 10. The molecule has 4 heterocycles. The summed E-state index contributed by atoms with van der Waals surface area (Å²) in [6, 6.07) is 7.69. The summed E-state index contributed by atoms with van der Waals surface area (Å²) in [5.41, 5.74) is 0. The normalized spacial score (nSPS) is 18.8. The van der Waals surface area contributed by atoms with Gasteiger partial charge in [0.2, 0.25) is 16.2 Å². The third-order valence-corrected chi connectivity index (χ3v) is 8.48. The molecule has 0 unspecified atom stereocenters. The Bertz CT molecular complexity index is 1170. The molecule has 2 fully saturated rings. The van der Waals surface area contributed by atoms with Crippen LogP contribution < -0.4 is 15.5 Å². The first-order valence-electron chi connectivity index (χ1n) is 12.3. The molecule has 196 valence electrons. The maximum atomic E-state index is 13.4. The summed E-state index contributed by atoms with van der Waals surface area (Å²) in [5, 5.41) is 24.1. The Labute approximate surface area is 222 Å². The van der Waals surface area contributed by atoms with Gasteiger partial charge in [-0.05, 0) is 56.6 Å². The Hall–Kier alpha value is -2.90. The van der Waals surface area contributed by atoms with E-state index in [2.05, 4.69) is 40.8 Å². The Balaban J connectivity index is 1.00. The van der Waals surface area contributed by atoms with E-state index in [0.717, 1.165) is 57.3 Å². The van der Waals surface area contributed by atoms with Crippen LogP contribution in [-0.4, -0.2) is 75.2 Å². The first kappa shape index (κ1) is 25.7. The number of anilines is 3. The molecule has 2 aliphatic heterocycles. The minimum atomic E-state index is -0.548. The van der Waals surface area contributed by atoms with Crippen LogP contribution in [-0.2, 0) is 4.79 Å². The molecule has 13 heteroatoms. The van der Waals surface area contributed by atoms with E-state index in [1.54, 1.807) is 6.20 Å². The quantitative estimate of drug-likeness (QED) is 0.414. The molecule has 0 spiro atoms. The molecule has 2 aromatic heterocycles. The van der Waals surface area contributed by atoms with Crippen LogP contribution in [0.25, 0.3) is 0 Å². The van der Waals surface area contributed by atoms with Gasteiger partial charge in [0.05, 0.1) is 0 Å². The third kappa shape index (κ3) is 7.33. The standard InChI is InChI=1S/C24H28F2N8OS2/c25-16-12-17(26)14-20(13-16)36-19-4-8-33(9-5-19)10-6-22(35)29-24-32-31-23(37-24)28-18-3-11-34(15-18)21-2-1-7-27-30-21/h1-2,7,12-14,18-19H,3-6,8-11,15H2,(H,28,31)(H,29,32,35)/t18-/m1/s1. The lowest BCUT2D eigenvalue weighted by atomic mass is 10.1. The molecule has 0 bridgehead atoms. The lowest BCUT2D eigenvalue weighted by molar-refractivity contribution is -0.116. The molecule has 2 saturated heterocycles. The summed E-state index contributed by atoms with van der Waals surface area (Å²) in [6.45, 7) is 4.04. The highest BCUT2D eigenvalue weighted by atomic mass is 32.2. The van der Waals surface area contributed by atoms with Gasteiger partial charge in [-0.1, -0.05) is 11.3 Å². The lowest BCUT2D eigenvalue weighted by Gasteiger charge is -2.31. The molecule has 37 heavy (non-hydrogen) atoms. The average Bonchev–Trinajstić information content (AvgIpc) is 3.53. The van der Waals surface area contributed by atoms with Crippen molar-refractivity contribution < 1.29 is 13.6 Å². The fourth-order valence-corrected chi connectivity index (χ4v) is 6.47. The fraction of sp³-hybridized carbons (Fsp3) is 0.458. The number of aromatic nitrogens is 4. The van der Waals surface area contributed by atoms with E-state index in [9.17, 15) is 13.6 Å². The number of nitrogens with zero attached hydrogens (tertiary/aromatic N) is 6. The van der Waals surface area contributed by atoms with Gasteiger partial charge in [-0.2, -0.15) is 5.10 Å². The highest BCUT2D eigenvalue weighted by Gasteiger charge is 2.25. The maximum absolute atomic E-state index is 13.4. The Morgan fingerprint density at radius 2 is 1.84 bits per heavy atom. The Morgan fingerprint density at radius 3 is 2.59 bits per heavy atom. The van der Waals surface area contributed by atoms with Crippen LogP contribution in [0.4, 0.5) is 24.9 Å². The number of piperidine rings is 1. The van der Waals surface area contributed by atoms with Crippen molar-refractivity contribution >= 4 is 45.1 Å². The van der Waals surface area contributed by atoms with E-state index in [1.165, 1.54) is 35.2 Å². The zero-order valence-corrected chi connectivity index (χ0v) is 21.8. The minimum absolute atomic E-state index is 0.0934. The number of thioether (sulfide) groups is 1. The van der Waals surface area contributed by atoms with Crippen LogP contribution in [0.15, 0.2) is 41.4 Å². The van der Waals surface area contributed by atoms with E-state index in [0.29, 0.717) is 33.4 Å². The Morgan fingerprint density at radius 1 is 1.05 bits per heavy atom. The van der Waals surface area contributed by atoms with Crippen LogP contribution in [0.3, 0.4) is 0 Å². The molecule has 0 saturated carbocycles. The molecule has 0 aliphatic carbocycles. The third-order valence-electron chi connectivity index (χ3n) is 6.40. The van der Waals surface area contributed by atoms with Crippen LogP contribution in [0.5, 0.6) is 0 Å². The van der Waals surface area contributed by atoms with Crippen LogP contribution in [0.1, 0.15) is 25.7 Å². The van der Waals surface area contributed by atoms with Gasteiger partial charge in [-0.25, -0.2) is 8.78 Å². The van der Waals surface area contributed by atoms with E-state index in [-0.39, 0.29) is 11.9 Å². The number of carbonyl (C=O) groups is 1. The molecular formula is C24H28F2N8OS2. The highest BCUT2D eigenvalue weighted by Crippen LogP contribution is 2.31. The largest absolute Gasteiger partial charge is 0.355 e. The summed E-state index contributed by atoms with van der Waals surface area (Å²) in [4.78, 5) is 17.5. The highest BCUT2D eigenvalue weighted by molar-refractivity contribution is 8.00. The molecule has 3 aromatic rings. The van der Waals surface area contributed by atoms with E-state index >= 15 is 0 Å². The van der Waals surface area contributed by atoms with Gasteiger partial charge >= 0.3 is 0 Å². The van der Waals surface area contributed by atoms with Crippen LogP contribution in [0.2, 0.25) is 0 Å². The molecular weight excluding hydrogens is 518 g/mol. The van der Waals surface area contributed by atoms with Gasteiger partial charge in [-0.15, -0.1) is 27.1 Å². The number of nitrogens with one attached hydrogen (secondary N) is 2. The number of rotatable bonds is 9. The number of likely N-dealkylation sites (tertiary alicyclic amines) is 1. The van der Waals surface area contributed by atoms with Crippen molar-refractivity contribution in [1.29, 1.82) is 0 Å². The van der Waals surface area contributed by atoms with Crippen LogP contribution in [0, 0.1) is 11.6 Å². The molecule has 1 atom stereocenters. The van der Waals surface area contributed by atoms with Crippen molar-refractivity contribution in [3.05, 3.63) is 48.2 Å². The second-order valence-corrected chi connectivity index (χ2v) is 11.5. The van der Waals surface area contributed by atoms with E-state index in [4.69, 9.17) is 0 Å². The number of amides is 1. The molecule has 2 N–H and O–H groups in total. The van der Waals surface area contributed by atoms with Crippen molar-refractivity contribution in [2.45, 2.75) is 41.9 Å². The molecule has 0 radical (unpaired) electrons. The van der Waals surface area contributed by atoms with E-state index < -0.39 is 11.6 Å². The van der Waals surface area contributed by atoms with Crippen molar-refractivity contribution in [3.63, 3.8) is 0 Å². The molecule has 1 aromatic carbocycles. The minimum Gasteiger partial charge on any atom is -0.355 e.